The molecule has 0 saturated carbocycles. The van der Waals surface area contributed by atoms with E-state index in [1.165, 1.54) is 0 Å². The lowest BCUT2D eigenvalue weighted by molar-refractivity contribution is 0.00153. The number of aliphatic hydroxyl groups is 1. The van der Waals surface area contributed by atoms with Gasteiger partial charge < -0.3 is 10.4 Å². The van der Waals surface area contributed by atoms with Gasteiger partial charge in [0.25, 0.3) is 0 Å². The van der Waals surface area contributed by atoms with Crippen molar-refractivity contribution >= 4 is 0 Å². The van der Waals surface area contributed by atoms with Gasteiger partial charge in [-0.3, -0.25) is 0 Å². The van der Waals surface area contributed by atoms with E-state index in [0.29, 0.717) is 0 Å². The Labute approximate surface area is 128 Å². The number of piperidine rings is 1. The molecule has 1 fully saturated rings. The zero-order valence-corrected chi connectivity index (χ0v) is 13.2. The van der Waals surface area contributed by atoms with E-state index in [1.54, 1.807) is 0 Å². The second kappa shape index (κ2) is 7.58. The summed E-state index contributed by atoms with van der Waals surface area (Å²) in [4.78, 5) is 0. The molecule has 21 heavy (non-hydrogen) atoms. The molecule has 2 heteroatoms. The van der Waals surface area contributed by atoms with Crippen molar-refractivity contribution in [2.45, 2.75) is 38.7 Å². The van der Waals surface area contributed by atoms with Crippen molar-refractivity contribution in [3.63, 3.8) is 0 Å². The van der Waals surface area contributed by atoms with Crippen LogP contribution in [-0.2, 0) is 5.60 Å². The third kappa shape index (κ3) is 3.45. The van der Waals surface area contributed by atoms with Gasteiger partial charge in [0.1, 0.15) is 5.60 Å². The van der Waals surface area contributed by atoms with Gasteiger partial charge in [0.05, 0.1) is 0 Å². The molecule has 1 heterocycles. The maximum absolute atomic E-state index is 11.6. The summed E-state index contributed by atoms with van der Waals surface area (Å²) in [6, 6.07) is 10.1. The Morgan fingerprint density at radius 2 is 1.95 bits per heavy atom. The van der Waals surface area contributed by atoms with Crippen LogP contribution in [0.1, 0.15) is 38.7 Å². The van der Waals surface area contributed by atoms with E-state index in [2.05, 4.69) is 30.5 Å². The highest BCUT2D eigenvalue weighted by atomic mass is 16.3. The Morgan fingerprint density at radius 1 is 1.29 bits per heavy atom. The van der Waals surface area contributed by atoms with Crippen LogP contribution >= 0.6 is 0 Å². The highest BCUT2D eigenvalue weighted by molar-refractivity contribution is 5.39. The van der Waals surface area contributed by atoms with Crippen molar-refractivity contribution in [1.82, 2.24) is 5.32 Å². The Hall–Kier alpha value is -1.38. The van der Waals surface area contributed by atoms with Gasteiger partial charge in [-0.1, -0.05) is 55.5 Å². The fraction of sp³-hybridized carbons (Fsp3) is 0.474. The van der Waals surface area contributed by atoms with Crippen molar-refractivity contribution in [3.05, 3.63) is 59.7 Å². The molecule has 1 saturated heterocycles. The predicted octanol–water partition coefficient (Wildman–Crippen LogP) is 3.79. The summed E-state index contributed by atoms with van der Waals surface area (Å²) in [7, 11) is 0. The number of allylic oxidation sites excluding steroid dienone is 2. The third-order valence-corrected chi connectivity index (χ3v) is 4.43. The van der Waals surface area contributed by atoms with Crippen molar-refractivity contribution in [1.29, 1.82) is 0 Å². The summed E-state index contributed by atoms with van der Waals surface area (Å²) in [5.74, 6) is 0.258. The van der Waals surface area contributed by atoms with Crippen LogP contribution in [0.2, 0.25) is 0 Å². The molecule has 114 valence electrons. The first-order valence-electron chi connectivity index (χ1n) is 8.05. The molecule has 1 unspecified atom stereocenters. The molecule has 0 radical (unpaired) electrons. The SMILES string of the molecule is C/C=C(\C=C/CC)C(O)(c1ccccc1)C1CCNCC1. The van der Waals surface area contributed by atoms with E-state index in [1.807, 2.05) is 37.3 Å². The normalized spacial score (nSPS) is 20.6. The van der Waals surface area contributed by atoms with Crippen molar-refractivity contribution in [2.75, 3.05) is 13.1 Å². The van der Waals surface area contributed by atoms with Crippen molar-refractivity contribution in [3.8, 4) is 0 Å². The lowest BCUT2D eigenvalue weighted by Crippen LogP contribution is -2.43. The lowest BCUT2D eigenvalue weighted by Gasteiger charge is -2.40. The van der Waals surface area contributed by atoms with Crippen molar-refractivity contribution in [2.24, 2.45) is 5.92 Å². The van der Waals surface area contributed by atoms with Gasteiger partial charge in [0, 0.05) is 0 Å². The molecule has 0 aliphatic carbocycles. The minimum absolute atomic E-state index is 0.258. The van der Waals surface area contributed by atoms with Gasteiger partial charge >= 0.3 is 0 Å². The monoisotopic (exact) mass is 285 g/mol. The third-order valence-electron chi connectivity index (χ3n) is 4.43. The Morgan fingerprint density at radius 3 is 2.52 bits per heavy atom. The quantitative estimate of drug-likeness (QED) is 0.807. The number of rotatable bonds is 5. The summed E-state index contributed by atoms with van der Waals surface area (Å²) < 4.78 is 0. The van der Waals surface area contributed by atoms with E-state index in [4.69, 9.17) is 0 Å². The lowest BCUT2D eigenvalue weighted by atomic mass is 9.71. The molecule has 0 amide bonds. The highest BCUT2D eigenvalue weighted by Crippen LogP contribution is 2.41. The fourth-order valence-electron chi connectivity index (χ4n) is 3.26. The number of nitrogens with one attached hydrogen (secondary N) is 1. The number of hydrogen-bond acceptors (Lipinski definition) is 2. The molecule has 2 nitrogen and oxygen atoms in total. The summed E-state index contributed by atoms with van der Waals surface area (Å²) in [6.07, 6.45) is 9.26. The van der Waals surface area contributed by atoms with Crippen LogP contribution in [0.25, 0.3) is 0 Å². The molecule has 1 atom stereocenters. The molecule has 1 aliphatic heterocycles. The molecule has 2 N–H and O–H groups in total. The molecule has 2 rings (SSSR count). The van der Waals surface area contributed by atoms with Crippen LogP contribution in [0.15, 0.2) is 54.1 Å². The minimum atomic E-state index is -0.885. The van der Waals surface area contributed by atoms with Gasteiger partial charge in [-0.2, -0.15) is 0 Å². The summed E-state index contributed by atoms with van der Waals surface area (Å²) >= 11 is 0. The molecular formula is C19H27NO. The van der Waals surface area contributed by atoms with Gasteiger partial charge in [0.2, 0.25) is 0 Å². The Balaban J connectivity index is 2.44. The van der Waals surface area contributed by atoms with E-state index >= 15 is 0 Å². The largest absolute Gasteiger partial charge is 0.380 e. The van der Waals surface area contributed by atoms with Gasteiger partial charge in [-0.15, -0.1) is 0 Å². The standard InChI is InChI=1S/C19H27NO/c1-3-5-9-16(4-2)19(21,17-10-7-6-8-11-17)18-12-14-20-15-13-18/h4-11,18,20-21H,3,12-15H2,1-2H3/b9-5-,16-4+. The van der Waals surface area contributed by atoms with Crippen LogP contribution in [-0.4, -0.2) is 18.2 Å². The molecule has 1 aromatic carbocycles. The van der Waals surface area contributed by atoms with Gasteiger partial charge in [0.15, 0.2) is 0 Å². The van der Waals surface area contributed by atoms with E-state index < -0.39 is 5.60 Å². The van der Waals surface area contributed by atoms with Crippen LogP contribution in [0.4, 0.5) is 0 Å². The highest BCUT2D eigenvalue weighted by Gasteiger charge is 2.40. The molecule has 1 aliphatic rings. The Kier molecular flexibility index (Phi) is 5.77. The molecule has 0 aromatic heterocycles. The molecule has 0 bridgehead atoms. The topological polar surface area (TPSA) is 32.3 Å². The zero-order chi connectivity index (χ0) is 15.1. The van der Waals surface area contributed by atoms with Crippen molar-refractivity contribution < 1.29 is 5.11 Å². The number of hydrogen-bond donors (Lipinski definition) is 2. The second-order valence-corrected chi connectivity index (χ2v) is 5.71. The Bertz CT molecular complexity index is 486. The van der Waals surface area contributed by atoms with Crippen LogP contribution in [0.3, 0.4) is 0 Å². The maximum atomic E-state index is 11.6. The summed E-state index contributed by atoms with van der Waals surface area (Å²) in [5, 5.41) is 15.0. The van der Waals surface area contributed by atoms with E-state index in [0.717, 1.165) is 43.5 Å². The average Bonchev–Trinajstić information content (AvgIpc) is 2.57. The smallest absolute Gasteiger partial charge is 0.117 e. The van der Waals surface area contributed by atoms with E-state index in [9.17, 15) is 5.11 Å². The first kappa shape index (κ1) is 16.0. The van der Waals surface area contributed by atoms with E-state index in [-0.39, 0.29) is 5.92 Å². The van der Waals surface area contributed by atoms with Gasteiger partial charge in [-0.05, 0) is 56.3 Å². The van der Waals surface area contributed by atoms with Crippen LogP contribution < -0.4 is 5.32 Å². The summed E-state index contributed by atoms with van der Waals surface area (Å²) in [5.41, 5.74) is 1.14. The first-order valence-corrected chi connectivity index (χ1v) is 8.05. The minimum Gasteiger partial charge on any atom is -0.380 e. The van der Waals surface area contributed by atoms with Crippen LogP contribution in [0.5, 0.6) is 0 Å². The molecule has 0 spiro atoms. The maximum Gasteiger partial charge on any atom is 0.117 e. The zero-order valence-electron chi connectivity index (χ0n) is 13.2. The first-order chi connectivity index (χ1) is 10.2. The number of benzene rings is 1. The summed E-state index contributed by atoms with van der Waals surface area (Å²) in [6.45, 7) is 6.10. The van der Waals surface area contributed by atoms with Crippen LogP contribution in [0, 0.1) is 5.92 Å². The molecular weight excluding hydrogens is 258 g/mol. The predicted molar refractivity (Wildman–Crippen MR) is 89.1 cm³/mol. The fourth-order valence-corrected chi connectivity index (χ4v) is 3.26. The second-order valence-electron chi connectivity index (χ2n) is 5.71. The van der Waals surface area contributed by atoms with Gasteiger partial charge in [-0.25, -0.2) is 0 Å². The molecule has 1 aromatic rings. The average molecular weight is 285 g/mol.